The largest absolute Gasteiger partial charge is 0.355 e. The Morgan fingerprint density at radius 2 is 1.36 bits per heavy atom. The van der Waals surface area contributed by atoms with Gasteiger partial charge in [0.25, 0.3) is 10.0 Å². The van der Waals surface area contributed by atoms with Crippen molar-refractivity contribution in [1.82, 2.24) is 10.2 Å². The van der Waals surface area contributed by atoms with Gasteiger partial charge in [0.2, 0.25) is 11.8 Å². The van der Waals surface area contributed by atoms with E-state index in [1.165, 1.54) is 4.90 Å². The van der Waals surface area contributed by atoms with Crippen LogP contribution in [-0.2, 0) is 32.6 Å². The Morgan fingerprint density at radius 3 is 1.95 bits per heavy atom. The van der Waals surface area contributed by atoms with E-state index in [0.29, 0.717) is 12.2 Å². The van der Waals surface area contributed by atoms with E-state index in [9.17, 15) is 18.0 Å². The van der Waals surface area contributed by atoms with Crippen molar-refractivity contribution >= 4 is 27.5 Å². The Balaban J connectivity index is 1.81. The number of carbonyl (C=O) groups excluding carboxylic acids is 2. The smallest absolute Gasteiger partial charge is 0.264 e. The van der Waals surface area contributed by atoms with Crippen LogP contribution < -0.4 is 9.62 Å². The number of rotatable bonds is 12. The molecule has 0 spiro atoms. The Morgan fingerprint density at radius 1 is 0.750 bits per heavy atom. The molecular formula is C36H41N3O4S. The lowest BCUT2D eigenvalue weighted by Gasteiger charge is -2.34. The summed E-state index contributed by atoms with van der Waals surface area (Å²) in [5, 5.41) is 2.89. The molecular weight excluding hydrogens is 570 g/mol. The molecule has 0 aliphatic heterocycles. The molecule has 0 fully saturated rings. The number of hydrogen-bond acceptors (Lipinski definition) is 4. The molecule has 0 unspecified atom stereocenters. The third-order valence-corrected chi connectivity index (χ3v) is 9.55. The van der Waals surface area contributed by atoms with Gasteiger partial charge in [-0.3, -0.25) is 13.9 Å². The molecule has 7 nitrogen and oxygen atoms in total. The van der Waals surface area contributed by atoms with Crippen LogP contribution in [0.5, 0.6) is 0 Å². The van der Waals surface area contributed by atoms with Gasteiger partial charge in [0, 0.05) is 19.5 Å². The van der Waals surface area contributed by atoms with E-state index in [4.69, 9.17) is 0 Å². The second-order valence-electron chi connectivity index (χ2n) is 11.2. The molecule has 0 saturated heterocycles. The van der Waals surface area contributed by atoms with Crippen LogP contribution >= 0.6 is 0 Å². The van der Waals surface area contributed by atoms with E-state index in [2.05, 4.69) is 5.32 Å². The number of aryl methyl sites for hydroxylation is 4. The van der Waals surface area contributed by atoms with E-state index in [-0.39, 0.29) is 23.8 Å². The van der Waals surface area contributed by atoms with Crippen molar-refractivity contribution < 1.29 is 18.0 Å². The van der Waals surface area contributed by atoms with E-state index in [0.717, 1.165) is 37.7 Å². The average molecular weight is 612 g/mol. The van der Waals surface area contributed by atoms with Crippen molar-refractivity contribution in [3.63, 3.8) is 0 Å². The van der Waals surface area contributed by atoms with Gasteiger partial charge in [-0.2, -0.15) is 0 Å². The summed E-state index contributed by atoms with van der Waals surface area (Å²) in [5.74, 6) is -0.775. The van der Waals surface area contributed by atoms with Crippen molar-refractivity contribution in [3.05, 3.63) is 130 Å². The molecule has 0 saturated carbocycles. The van der Waals surface area contributed by atoms with Crippen molar-refractivity contribution in [3.8, 4) is 0 Å². The van der Waals surface area contributed by atoms with E-state index >= 15 is 0 Å². The minimum absolute atomic E-state index is 0.0868. The van der Waals surface area contributed by atoms with Gasteiger partial charge in [-0.25, -0.2) is 8.42 Å². The normalized spacial score (nSPS) is 11.9. The highest BCUT2D eigenvalue weighted by molar-refractivity contribution is 7.92. The van der Waals surface area contributed by atoms with Crippen LogP contribution in [0.2, 0.25) is 0 Å². The van der Waals surface area contributed by atoms with Crippen LogP contribution in [0.15, 0.2) is 102 Å². The highest BCUT2D eigenvalue weighted by Crippen LogP contribution is 2.27. The third-order valence-electron chi connectivity index (χ3n) is 7.76. The molecule has 0 radical (unpaired) electrons. The van der Waals surface area contributed by atoms with Crippen molar-refractivity contribution in [2.24, 2.45) is 0 Å². The van der Waals surface area contributed by atoms with E-state index < -0.39 is 28.5 Å². The Bertz CT molecular complexity index is 1690. The minimum atomic E-state index is -4.14. The number of nitrogens with zero attached hydrogens (tertiary/aromatic N) is 2. The first kappa shape index (κ1) is 32.5. The minimum Gasteiger partial charge on any atom is -0.355 e. The Kier molecular flexibility index (Phi) is 10.6. The fraction of sp³-hybridized carbons (Fsp3) is 0.278. The molecule has 4 rings (SSSR count). The maximum absolute atomic E-state index is 14.5. The molecule has 1 N–H and O–H groups in total. The van der Waals surface area contributed by atoms with Crippen molar-refractivity contribution in [2.75, 3.05) is 17.4 Å². The van der Waals surface area contributed by atoms with Crippen LogP contribution in [0.3, 0.4) is 0 Å². The lowest BCUT2D eigenvalue weighted by Crippen LogP contribution is -2.53. The molecule has 4 aromatic rings. The second kappa shape index (κ2) is 14.4. The second-order valence-corrected chi connectivity index (χ2v) is 13.1. The number of benzene rings is 4. The van der Waals surface area contributed by atoms with Gasteiger partial charge < -0.3 is 10.2 Å². The zero-order valence-corrected chi connectivity index (χ0v) is 26.9. The Hall–Kier alpha value is -4.43. The van der Waals surface area contributed by atoms with Crippen LogP contribution in [0.4, 0.5) is 5.69 Å². The number of anilines is 1. The van der Waals surface area contributed by atoms with Gasteiger partial charge in [0.05, 0.1) is 10.6 Å². The predicted molar refractivity (Wildman–Crippen MR) is 176 cm³/mol. The maximum Gasteiger partial charge on any atom is 0.264 e. The summed E-state index contributed by atoms with van der Waals surface area (Å²) < 4.78 is 29.5. The molecule has 0 aliphatic carbocycles. The topological polar surface area (TPSA) is 86.8 Å². The molecule has 44 heavy (non-hydrogen) atoms. The number of amides is 2. The third kappa shape index (κ3) is 7.94. The highest BCUT2D eigenvalue weighted by atomic mass is 32.2. The van der Waals surface area contributed by atoms with Crippen LogP contribution in [0, 0.1) is 27.7 Å². The molecule has 0 bridgehead atoms. The molecule has 4 aromatic carbocycles. The number of likely N-dealkylation sites (N-methyl/N-ethyl adjacent to an activating group) is 1. The van der Waals surface area contributed by atoms with Crippen LogP contribution in [0.25, 0.3) is 0 Å². The maximum atomic E-state index is 14.5. The van der Waals surface area contributed by atoms with Gasteiger partial charge in [-0.05, 0) is 81.1 Å². The molecule has 2 amide bonds. The molecule has 8 heteroatoms. The fourth-order valence-electron chi connectivity index (χ4n) is 4.98. The SMILES string of the molecule is CCNC(=O)[C@@H](Cc1ccccc1)N(Cc1ccc(C)cc1)C(=O)CN(c1ccc(C)c(C)c1)S(=O)(=O)c1ccc(C)cc1. The first-order chi connectivity index (χ1) is 21.0. The van der Waals surface area contributed by atoms with E-state index in [1.807, 2.05) is 95.3 Å². The first-order valence-corrected chi connectivity index (χ1v) is 16.3. The Labute approximate surface area is 261 Å². The standard InChI is InChI=1S/C36H41N3O4S/c1-6-37-36(41)34(23-30-10-8-7-9-11-30)38(24-31-17-12-26(2)13-18-31)35(40)25-39(32-19-16-28(4)29(5)22-32)44(42,43)33-20-14-27(3)15-21-33/h7-22,34H,6,23-25H2,1-5H3,(H,37,41)/t34-/m1/s1. The summed E-state index contributed by atoms with van der Waals surface area (Å²) >= 11 is 0. The number of nitrogens with one attached hydrogen (secondary N) is 1. The van der Waals surface area contributed by atoms with Gasteiger partial charge in [0.1, 0.15) is 12.6 Å². The van der Waals surface area contributed by atoms with E-state index in [1.54, 1.807) is 36.4 Å². The highest BCUT2D eigenvalue weighted by Gasteiger charge is 2.34. The number of hydrogen-bond donors (Lipinski definition) is 1. The average Bonchev–Trinajstić information content (AvgIpc) is 3.00. The molecule has 0 aromatic heterocycles. The summed E-state index contributed by atoms with van der Waals surface area (Å²) in [6, 6.07) is 28.4. The summed E-state index contributed by atoms with van der Waals surface area (Å²) in [7, 11) is -4.14. The summed E-state index contributed by atoms with van der Waals surface area (Å²) in [4.78, 5) is 29.7. The summed E-state index contributed by atoms with van der Waals surface area (Å²) in [6.07, 6.45) is 0.276. The number of sulfonamides is 1. The van der Waals surface area contributed by atoms with Gasteiger partial charge in [0.15, 0.2) is 0 Å². The first-order valence-electron chi connectivity index (χ1n) is 14.8. The number of carbonyl (C=O) groups is 2. The van der Waals surface area contributed by atoms with Gasteiger partial charge >= 0.3 is 0 Å². The lowest BCUT2D eigenvalue weighted by molar-refractivity contribution is -0.140. The van der Waals surface area contributed by atoms with Gasteiger partial charge in [-0.15, -0.1) is 0 Å². The van der Waals surface area contributed by atoms with Crippen molar-refractivity contribution in [1.29, 1.82) is 0 Å². The predicted octanol–water partition coefficient (Wildman–Crippen LogP) is 5.89. The zero-order valence-electron chi connectivity index (χ0n) is 26.1. The molecule has 0 aliphatic rings. The van der Waals surface area contributed by atoms with Gasteiger partial charge in [-0.1, -0.05) is 83.9 Å². The quantitative estimate of drug-likeness (QED) is 0.216. The lowest BCUT2D eigenvalue weighted by atomic mass is 10.0. The molecule has 230 valence electrons. The van der Waals surface area contributed by atoms with Crippen molar-refractivity contribution in [2.45, 2.75) is 58.5 Å². The van der Waals surface area contributed by atoms with Crippen LogP contribution in [-0.4, -0.2) is 44.3 Å². The monoisotopic (exact) mass is 611 g/mol. The molecule has 0 heterocycles. The summed E-state index contributed by atoms with van der Waals surface area (Å²) in [5.41, 5.74) is 6.02. The fourth-order valence-corrected chi connectivity index (χ4v) is 6.39. The molecule has 1 atom stereocenters. The van der Waals surface area contributed by atoms with Crippen LogP contribution in [0.1, 0.15) is 40.3 Å². The zero-order chi connectivity index (χ0) is 31.9. The summed E-state index contributed by atoms with van der Waals surface area (Å²) in [6.45, 7) is 9.62.